The van der Waals surface area contributed by atoms with E-state index in [1.165, 1.54) is 12.1 Å². The molecule has 1 aromatic rings. The lowest BCUT2D eigenvalue weighted by Crippen LogP contribution is -2.16. The maximum absolute atomic E-state index is 12.8. The highest BCUT2D eigenvalue weighted by atomic mass is 35.5. The number of hydrogen-bond acceptors (Lipinski definition) is 2. The van der Waals surface area contributed by atoms with Gasteiger partial charge in [0.1, 0.15) is 11.6 Å². The van der Waals surface area contributed by atoms with Crippen LogP contribution < -0.4 is 4.74 Å². The lowest BCUT2D eigenvalue weighted by Gasteiger charge is -2.16. The first-order valence-corrected chi connectivity index (χ1v) is 4.23. The van der Waals surface area contributed by atoms with Crippen molar-refractivity contribution < 1.29 is 13.9 Å². The van der Waals surface area contributed by atoms with Crippen LogP contribution in [0.5, 0.6) is 5.75 Å². The molecule has 1 aliphatic heterocycles. The third kappa shape index (κ3) is 1.52. The minimum atomic E-state index is -0.488. The third-order valence-electron chi connectivity index (χ3n) is 1.92. The van der Waals surface area contributed by atoms with Crippen molar-refractivity contribution in [1.29, 1.82) is 0 Å². The van der Waals surface area contributed by atoms with Gasteiger partial charge in [-0.15, -0.1) is 0 Å². The molecule has 0 N–H and O–H groups in total. The van der Waals surface area contributed by atoms with Gasteiger partial charge in [-0.2, -0.15) is 0 Å². The molecule has 0 aliphatic carbocycles. The predicted molar refractivity (Wildman–Crippen MR) is 45.4 cm³/mol. The van der Waals surface area contributed by atoms with Crippen LogP contribution in [0.4, 0.5) is 4.39 Å². The van der Waals surface area contributed by atoms with Gasteiger partial charge in [0.15, 0.2) is 0 Å². The lowest BCUT2D eigenvalue weighted by atomic mass is 10.1. The molecule has 2 nitrogen and oxygen atoms in total. The van der Waals surface area contributed by atoms with Crippen LogP contribution in [0.3, 0.4) is 0 Å². The Balaban J connectivity index is 2.53. The molecule has 4 heteroatoms. The third-order valence-corrected chi connectivity index (χ3v) is 2.26. The van der Waals surface area contributed by atoms with Gasteiger partial charge >= 0.3 is 5.97 Å². The van der Waals surface area contributed by atoms with Crippen molar-refractivity contribution in [3.05, 3.63) is 28.5 Å². The van der Waals surface area contributed by atoms with E-state index in [2.05, 4.69) is 0 Å². The molecule has 13 heavy (non-hydrogen) atoms. The molecule has 0 saturated heterocycles. The molecule has 0 spiro atoms. The van der Waals surface area contributed by atoms with Crippen LogP contribution in [0.15, 0.2) is 12.1 Å². The summed E-state index contributed by atoms with van der Waals surface area (Å²) in [5.41, 5.74) is 0.711. The van der Waals surface area contributed by atoms with Crippen molar-refractivity contribution in [2.75, 3.05) is 0 Å². The summed E-state index contributed by atoms with van der Waals surface area (Å²) >= 11 is 5.76. The Kier molecular flexibility index (Phi) is 1.96. The van der Waals surface area contributed by atoms with E-state index in [0.29, 0.717) is 23.4 Å². The van der Waals surface area contributed by atoms with Gasteiger partial charge in [0.25, 0.3) is 0 Å². The van der Waals surface area contributed by atoms with Crippen LogP contribution in [-0.2, 0) is 11.2 Å². The second kappa shape index (κ2) is 3.00. The van der Waals surface area contributed by atoms with Crippen molar-refractivity contribution in [2.24, 2.45) is 0 Å². The van der Waals surface area contributed by atoms with Crippen LogP contribution in [0, 0.1) is 5.82 Å². The number of rotatable bonds is 0. The highest BCUT2D eigenvalue weighted by Gasteiger charge is 2.20. The average molecular weight is 201 g/mol. The molecule has 0 atom stereocenters. The SMILES string of the molecule is O=C1CCc2c(Cl)cc(F)cc2O1. The molecular weight excluding hydrogens is 195 g/mol. The molecule has 0 amide bonds. The van der Waals surface area contributed by atoms with E-state index in [9.17, 15) is 9.18 Å². The molecule has 1 aromatic carbocycles. The van der Waals surface area contributed by atoms with Gasteiger partial charge in [-0.05, 0) is 12.5 Å². The Morgan fingerprint density at radius 3 is 2.92 bits per heavy atom. The van der Waals surface area contributed by atoms with Crippen molar-refractivity contribution in [2.45, 2.75) is 12.8 Å². The fourth-order valence-corrected chi connectivity index (χ4v) is 1.61. The summed E-state index contributed by atoms with van der Waals surface area (Å²) in [6, 6.07) is 2.40. The largest absolute Gasteiger partial charge is 0.426 e. The quantitative estimate of drug-likeness (QED) is 0.475. The highest BCUT2D eigenvalue weighted by Crippen LogP contribution is 2.32. The van der Waals surface area contributed by atoms with E-state index in [1.54, 1.807) is 0 Å². The van der Waals surface area contributed by atoms with Gasteiger partial charge in [0.2, 0.25) is 0 Å². The van der Waals surface area contributed by atoms with Crippen LogP contribution in [0.2, 0.25) is 5.02 Å². The molecule has 68 valence electrons. The molecule has 1 aliphatic rings. The van der Waals surface area contributed by atoms with Gasteiger partial charge < -0.3 is 4.74 Å². The minimum absolute atomic E-state index is 0.251. The zero-order valence-electron chi connectivity index (χ0n) is 6.64. The number of esters is 1. The van der Waals surface area contributed by atoms with E-state index < -0.39 is 5.82 Å². The number of hydrogen-bond donors (Lipinski definition) is 0. The molecule has 2 rings (SSSR count). The number of halogens is 2. The molecule has 0 aromatic heterocycles. The maximum atomic E-state index is 12.8. The zero-order chi connectivity index (χ0) is 9.42. The Morgan fingerprint density at radius 2 is 2.15 bits per heavy atom. The van der Waals surface area contributed by atoms with Gasteiger partial charge in [-0.25, -0.2) is 4.39 Å². The molecule has 1 heterocycles. The first-order chi connectivity index (χ1) is 6.16. The summed E-state index contributed by atoms with van der Waals surface area (Å²) in [7, 11) is 0. The Morgan fingerprint density at radius 1 is 1.38 bits per heavy atom. The summed E-state index contributed by atoms with van der Waals surface area (Å²) in [6.07, 6.45) is 0.825. The maximum Gasteiger partial charge on any atom is 0.311 e. The smallest absolute Gasteiger partial charge is 0.311 e. The van der Waals surface area contributed by atoms with E-state index in [4.69, 9.17) is 16.3 Å². The van der Waals surface area contributed by atoms with Crippen LogP contribution in [-0.4, -0.2) is 5.97 Å². The van der Waals surface area contributed by atoms with Crippen molar-refractivity contribution in [3.8, 4) is 5.75 Å². The summed E-state index contributed by atoms with van der Waals surface area (Å²) < 4.78 is 17.6. The van der Waals surface area contributed by atoms with Crippen LogP contribution in [0.1, 0.15) is 12.0 Å². The number of fused-ring (bicyclic) bond motifs is 1. The van der Waals surface area contributed by atoms with E-state index in [1.807, 2.05) is 0 Å². The molecule has 0 fully saturated rings. The average Bonchev–Trinajstić information content (AvgIpc) is 2.02. The van der Waals surface area contributed by atoms with Crippen molar-refractivity contribution in [3.63, 3.8) is 0 Å². The van der Waals surface area contributed by atoms with Gasteiger partial charge in [0.05, 0.1) is 11.4 Å². The van der Waals surface area contributed by atoms with Crippen LogP contribution >= 0.6 is 11.6 Å². The standard InChI is InChI=1S/C9H6ClFO2/c10-7-3-5(11)4-8-6(7)1-2-9(12)13-8/h3-4H,1-2H2. The number of carbonyl (C=O) groups excluding carboxylic acids is 1. The Bertz CT molecular complexity index is 376. The summed E-state index contributed by atoms with van der Waals surface area (Å²) in [4.78, 5) is 10.9. The van der Waals surface area contributed by atoms with Crippen molar-refractivity contribution in [1.82, 2.24) is 0 Å². The van der Waals surface area contributed by atoms with Crippen LogP contribution in [0.25, 0.3) is 0 Å². The lowest BCUT2D eigenvalue weighted by molar-refractivity contribution is -0.135. The fourth-order valence-electron chi connectivity index (χ4n) is 1.31. The van der Waals surface area contributed by atoms with Gasteiger partial charge in [0, 0.05) is 11.6 Å². The van der Waals surface area contributed by atoms with Crippen molar-refractivity contribution >= 4 is 17.6 Å². The topological polar surface area (TPSA) is 26.3 Å². The van der Waals surface area contributed by atoms with Gasteiger partial charge in [-0.1, -0.05) is 11.6 Å². The first-order valence-electron chi connectivity index (χ1n) is 3.85. The van der Waals surface area contributed by atoms with E-state index in [-0.39, 0.29) is 11.7 Å². The Hall–Kier alpha value is -1.09. The minimum Gasteiger partial charge on any atom is -0.426 e. The summed E-state index contributed by atoms with van der Waals surface area (Å²) in [6.45, 7) is 0. The number of carbonyl (C=O) groups is 1. The van der Waals surface area contributed by atoms with E-state index >= 15 is 0 Å². The number of ether oxygens (including phenoxy) is 1. The fraction of sp³-hybridized carbons (Fsp3) is 0.222. The highest BCUT2D eigenvalue weighted by molar-refractivity contribution is 6.31. The molecular formula is C9H6ClFO2. The predicted octanol–water partition coefficient (Wildman–Crippen LogP) is 2.33. The molecule has 0 unspecified atom stereocenters. The molecule has 0 saturated carbocycles. The van der Waals surface area contributed by atoms with Gasteiger partial charge in [-0.3, -0.25) is 4.79 Å². The Labute approximate surface area is 79.3 Å². The number of benzene rings is 1. The van der Waals surface area contributed by atoms with E-state index in [0.717, 1.165) is 0 Å². The first kappa shape index (κ1) is 8.51. The summed E-state index contributed by atoms with van der Waals surface area (Å²) in [5.74, 6) is -0.575. The summed E-state index contributed by atoms with van der Waals surface area (Å²) in [5, 5.41) is 0.322. The normalized spacial score (nSPS) is 15.1. The molecule has 0 radical (unpaired) electrons. The zero-order valence-corrected chi connectivity index (χ0v) is 7.40. The second-order valence-corrected chi connectivity index (χ2v) is 3.25. The molecule has 0 bridgehead atoms. The second-order valence-electron chi connectivity index (χ2n) is 2.84. The monoisotopic (exact) mass is 200 g/mol.